The maximum Gasteiger partial charge on any atom is 0.257 e. The van der Waals surface area contributed by atoms with Crippen LogP contribution in [0.15, 0.2) is 47.1 Å². The van der Waals surface area contributed by atoms with Gasteiger partial charge in [0, 0.05) is 20.2 Å². The normalized spacial score (nSPS) is 10.7. The standard InChI is InChI=1S/C18H24N2O3/c1-22-11-10-20(9-5-8-15-6-3-2-4-7-15)18(21)16-12-17(13-19)23-14-16/h2-4,6-7,12,14H,5,8-11,13,19H2,1H3. The highest BCUT2D eigenvalue weighted by atomic mass is 16.5. The molecule has 5 heteroatoms. The summed E-state index contributed by atoms with van der Waals surface area (Å²) >= 11 is 0. The molecular formula is C18H24N2O3. The number of benzene rings is 1. The van der Waals surface area contributed by atoms with E-state index in [2.05, 4.69) is 12.1 Å². The Labute approximate surface area is 137 Å². The minimum absolute atomic E-state index is 0.0430. The molecule has 1 aromatic carbocycles. The molecule has 2 rings (SSSR count). The predicted octanol–water partition coefficient (Wildman–Crippen LogP) is 2.46. The van der Waals surface area contributed by atoms with E-state index in [0.29, 0.717) is 37.6 Å². The van der Waals surface area contributed by atoms with E-state index < -0.39 is 0 Å². The van der Waals surface area contributed by atoms with E-state index in [4.69, 9.17) is 14.9 Å². The average Bonchev–Trinajstić information content (AvgIpc) is 3.07. The van der Waals surface area contributed by atoms with Crippen molar-refractivity contribution in [3.05, 3.63) is 59.5 Å². The van der Waals surface area contributed by atoms with Crippen LogP contribution in [0, 0.1) is 0 Å². The Morgan fingerprint density at radius 1 is 1.26 bits per heavy atom. The Kier molecular flexibility index (Phi) is 6.84. The van der Waals surface area contributed by atoms with Crippen molar-refractivity contribution in [2.45, 2.75) is 19.4 Å². The lowest BCUT2D eigenvalue weighted by molar-refractivity contribution is 0.0692. The third-order valence-corrected chi connectivity index (χ3v) is 3.69. The Morgan fingerprint density at radius 2 is 2.04 bits per heavy atom. The van der Waals surface area contributed by atoms with Crippen molar-refractivity contribution in [1.29, 1.82) is 0 Å². The summed E-state index contributed by atoms with van der Waals surface area (Å²) < 4.78 is 10.4. The lowest BCUT2D eigenvalue weighted by atomic mass is 10.1. The zero-order valence-electron chi connectivity index (χ0n) is 13.5. The number of nitrogens with zero attached hydrogens (tertiary/aromatic N) is 1. The van der Waals surface area contributed by atoms with E-state index in [1.807, 2.05) is 18.2 Å². The molecule has 0 spiro atoms. The molecule has 2 aromatic rings. The van der Waals surface area contributed by atoms with E-state index in [1.165, 1.54) is 11.8 Å². The number of nitrogens with two attached hydrogens (primary N) is 1. The Morgan fingerprint density at radius 3 is 2.70 bits per heavy atom. The SMILES string of the molecule is COCCN(CCCc1ccccc1)C(=O)c1coc(CN)c1. The first-order chi connectivity index (χ1) is 11.2. The maximum absolute atomic E-state index is 12.6. The number of amides is 1. The molecule has 0 bridgehead atoms. The molecule has 0 unspecified atom stereocenters. The van der Waals surface area contributed by atoms with E-state index in [9.17, 15) is 4.79 Å². The maximum atomic E-state index is 12.6. The third-order valence-electron chi connectivity index (χ3n) is 3.69. The highest BCUT2D eigenvalue weighted by molar-refractivity contribution is 5.94. The van der Waals surface area contributed by atoms with Crippen LogP contribution < -0.4 is 5.73 Å². The van der Waals surface area contributed by atoms with Gasteiger partial charge in [-0.15, -0.1) is 0 Å². The number of aryl methyl sites for hydroxylation is 1. The number of hydrogen-bond acceptors (Lipinski definition) is 4. The first kappa shape index (κ1) is 17.2. The highest BCUT2D eigenvalue weighted by Crippen LogP contribution is 2.12. The highest BCUT2D eigenvalue weighted by Gasteiger charge is 2.17. The molecule has 0 aliphatic carbocycles. The summed E-state index contributed by atoms with van der Waals surface area (Å²) in [6, 6.07) is 12.0. The van der Waals surface area contributed by atoms with Crippen LogP contribution in [0.25, 0.3) is 0 Å². The van der Waals surface area contributed by atoms with Gasteiger partial charge < -0.3 is 19.8 Å². The van der Waals surface area contributed by atoms with E-state index in [1.54, 1.807) is 18.1 Å². The number of rotatable bonds is 9. The Hall–Kier alpha value is -2.11. The summed E-state index contributed by atoms with van der Waals surface area (Å²) in [4.78, 5) is 14.4. The van der Waals surface area contributed by atoms with Gasteiger partial charge in [-0.3, -0.25) is 4.79 Å². The molecule has 0 saturated heterocycles. The van der Waals surface area contributed by atoms with Crippen molar-refractivity contribution >= 4 is 5.91 Å². The van der Waals surface area contributed by atoms with Crippen molar-refractivity contribution in [2.75, 3.05) is 26.8 Å². The molecule has 0 aliphatic heterocycles. The van der Waals surface area contributed by atoms with E-state index >= 15 is 0 Å². The molecule has 5 nitrogen and oxygen atoms in total. The first-order valence-corrected chi connectivity index (χ1v) is 7.84. The number of carbonyl (C=O) groups excluding carboxylic acids is 1. The lowest BCUT2D eigenvalue weighted by Gasteiger charge is -2.21. The van der Waals surface area contributed by atoms with Crippen LogP contribution >= 0.6 is 0 Å². The Balaban J connectivity index is 1.94. The van der Waals surface area contributed by atoms with Crippen LogP contribution in [0.5, 0.6) is 0 Å². The molecule has 1 amide bonds. The van der Waals surface area contributed by atoms with Crippen LogP contribution in [0.1, 0.15) is 28.1 Å². The molecule has 0 radical (unpaired) electrons. The zero-order chi connectivity index (χ0) is 16.5. The first-order valence-electron chi connectivity index (χ1n) is 7.84. The monoisotopic (exact) mass is 316 g/mol. The van der Waals surface area contributed by atoms with Crippen molar-refractivity contribution in [3.63, 3.8) is 0 Å². The molecule has 23 heavy (non-hydrogen) atoms. The number of methoxy groups -OCH3 is 1. The fourth-order valence-electron chi connectivity index (χ4n) is 2.42. The second kappa shape index (κ2) is 9.12. The van der Waals surface area contributed by atoms with Crippen molar-refractivity contribution < 1.29 is 13.9 Å². The topological polar surface area (TPSA) is 68.7 Å². The van der Waals surface area contributed by atoms with Crippen molar-refractivity contribution in [2.24, 2.45) is 5.73 Å². The number of hydrogen-bond donors (Lipinski definition) is 1. The molecule has 0 aliphatic rings. The second-order valence-corrected chi connectivity index (χ2v) is 5.38. The van der Waals surface area contributed by atoms with E-state index in [-0.39, 0.29) is 5.91 Å². The van der Waals surface area contributed by atoms with Gasteiger partial charge in [-0.25, -0.2) is 0 Å². The molecule has 0 saturated carbocycles. The molecule has 1 aromatic heterocycles. The fraction of sp³-hybridized carbons (Fsp3) is 0.389. The number of carbonyl (C=O) groups is 1. The van der Waals surface area contributed by atoms with Crippen LogP contribution in [0.3, 0.4) is 0 Å². The minimum atomic E-state index is -0.0430. The van der Waals surface area contributed by atoms with Crippen molar-refractivity contribution in [3.8, 4) is 0 Å². The van der Waals surface area contributed by atoms with Gasteiger partial charge in [0.25, 0.3) is 5.91 Å². The largest absolute Gasteiger partial charge is 0.467 e. The van der Waals surface area contributed by atoms with Gasteiger partial charge in [-0.1, -0.05) is 30.3 Å². The summed E-state index contributed by atoms with van der Waals surface area (Å²) in [5, 5.41) is 0. The second-order valence-electron chi connectivity index (χ2n) is 5.38. The van der Waals surface area contributed by atoms with Crippen LogP contribution in [0.2, 0.25) is 0 Å². The predicted molar refractivity (Wildman–Crippen MR) is 89.1 cm³/mol. The van der Waals surface area contributed by atoms with Crippen LogP contribution in [-0.4, -0.2) is 37.6 Å². The molecule has 0 fully saturated rings. The van der Waals surface area contributed by atoms with Gasteiger partial charge in [0.2, 0.25) is 0 Å². The number of furan rings is 1. The fourth-order valence-corrected chi connectivity index (χ4v) is 2.42. The van der Waals surface area contributed by atoms with Gasteiger partial charge in [0.15, 0.2) is 0 Å². The smallest absolute Gasteiger partial charge is 0.257 e. The Bertz CT molecular complexity index is 595. The quantitative estimate of drug-likeness (QED) is 0.771. The zero-order valence-corrected chi connectivity index (χ0v) is 13.5. The minimum Gasteiger partial charge on any atom is -0.467 e. The molecule has 1 heterocycles. The summed E-state index contributed by atoms with van der Waals surface area (Å²) in [6.45, 7) is 2.05. The summed E-state index contributed by atoms with van der Waals surface area (Å²) in [7, 11) is 1.64. The summed E-state index contributed by atoms with van der Waals surface area (Å²) in [5.74, 6) is 0.572. The van der Waals surface area contributed by atoms with Gasteiger partial charge in [0.05, 0.1) is 18.7 Å². The molecule has 0 atom stereocenters. The molecule has 2 N–H and O–H groups in total. The van der Waals surface area contributed by atoms with Gasteiger partial charge in [-0.2, -0.15) is 0 Å². The molecular weight excluding hydrogens is 292 g/mol. The van der Waals surface area contributed by atoms with E-state index in [0.717, 1.165) is 12.8 Å². The summed E-state index contributed by atoms with van der Waals surface area (Å²) in [6.07, 6.45) is 3.32. The summed E-state index contributed by atoms with van der Waals surface area (Å²) in [5.41, 5.74) is 7.35. The van der Waals surface area contributed by atoms with Crippen LogP contribution in [0.4, 0.5) is 0 Å². The van der Waals surface area contributed by atoms with Gasteiger partial charge in [-0.05, 0) is 24.5 Å². The van der Waals surface area contributed by atoms with Crippen molar-refractivity contribution in [1.82, 2.24) is 4.90 Å². The third kappa shape index (κ3) is 5.23. The number of ether oxygens (including phenoxy) is 1. The average molecular weight is 316 g/mol. The van der Waals surface area contributed by atoms with Gasteiger partial charge >= 0.3 is 0 Å². The van der Waals surface area contributed by atoms with Gasteiger partial charge in [0.1, 0.15) is 12.0 Å². The van der Waals surface area contributed by atoms with Crippen LogP contribution in [-0.2, 0) is 17.7 Å². The lowest BCUT2D eigenvalue weighted by Crippen LogP contribution is -2.34. The molecule has 124 valence electrons.